The number of hydrogen-bond donors (Lipinski definition) is 0. The monoisotopic (exact) mass is 396 g/mol. The molecule has 1 unspecified atom stereocenters. The van der Waals surface area contributed by atoms with Gasteiger partial charge in [-0.3, -0.25) is 0 Å². The summed E-state index contributed by atoms with van der Waals surface area (Å²) in [5.74, 6) is 1.43. The summed E-state index contributed by atoms with van der Waals surface area (Å²) in [6, 6.07) is 4.32. The lowest BCUT2D eigenvalue weighted by Crippen LogP contribution is -2.16. The lowest BCUT2D eigenvalue weighted by atomic mass is 9.81. The van der Waals surface area contributed by atoms with Crippen molar-refractivity contribution in [3.8, 4) is 11.8 Å². The zero-order chi connectivity index (χ0) is 20.5. The summed E-state index contributed by atoms with van der Waals surface area (Å²) in [5.41, 5.74) is -0.639. The first-order chi connectivity index (χ1) is 13.2. The summed E-state index contributed by atoms with van der Waals surface area (Å²) in [5, 5.41) is 0. The molecule has 0 N–H and O–H groups in total. The Hall–Kier alpha value is -2.42. The molecule has 0 saturated heterocycles. The van der Waals surface area contributed by atoms with E-state index < -0.39 is 29.2 Å². The predicted octanol–water partition coefficient (Wildman–Crippen LogP) is 6.43. The zero-order valence-corrected chi connectivity index (χ0v) is 15.2. The molecular weight excluding hydrogens is 378 g/mol. The lowest BCUT2D eigenvalue weighted by molar-refractivity contribution is -0.142. The Morgan fingerprint density at radius 3 is 2.32 bits per heavy atom. The van der Waals surface area contributed by atoms with Gasteiger partial charge in [-0.15, -0.1) is 0 Å². The Morgan fingerprint density at radius 2 is 1.71 bits per heavy atom. The summed E-state index contributed by atoms with van der Waals surface area (Å²) in [4.78, 5) is 0. The van der Waals surface area contributed by atoms with Crippen LogP contribution in [-0.2, 0) is 19.0 Å². The zero-order valence-electron chi connectivity index (χ0n) is 15.2. The molecule has 6 heteroatoms. The van der Waals surface area contributed by atoms with E-state index in [1.807, 2.05) is 0 Å². The number of halogens is 6. The van der Waals surface area contributed by atoms with E-state index in [4.69, 9.17) is 0 Å². The summed E-state index contributed by atoms with van der Waals surface area (Å²) >= 11 is 0. The van der Waals surface area contributed by atoms with Gasteiger partial charge in [0.2, 0.25) is 0 Å². The number of benzene rings is 2. The molecule has 0 heterocycles. The van der Waals surface area contributed by atoms with E-state index in [-0.39, 0.29) is 11.1 Å². The average molecular weight is 396 g/mol. The molecule has 0 amide bonds. The Bertz CT molecular complexity index is 923. The Balaban J connectivity index is 1.90. The van der Waals surface area contributed by atoms with Crippen molar-refractivity contribution >= 4 is 0 Å². The minimum absolute atomic E-state index is 0.0633. The first kappa shape index (κ1) is 20.3. The number of hydrogen-bond acceptors (Lipinski definition) is 0. The van der Waals surface area contributed by atoms with E-state index in [1.54, 1.807) is 6.07 Å². The van der Waals surface area contributed by atoms with Gasteiger partial charge in [0.15, 0.2) is 0 Å². The van der Waals surface area contributed by atoms with Crippen molar-refractivity contribution in [2.45, 2.75) is 45.2 Å². The molecular formula is C22H18F6. The molecule has 28 heavy (non-hydrogen) atoms. The van der Waals surface area contributed by atoms with E-state index in [9.17, 15) is 26.3 Å². The highest BCUT2D eigenvalue weighted by Gasteiger charge is 2.37. The van der Waals surface area contributed by atoms with Crippen LogP contribution in [0.2, 0.25) is 0 Å². The van der Waals surface area contributed by atoms with E-state index in [0.29, 0.717) is 30.0 Å². The van der Waals surface area contributed by atoms with Gasteiger partial charge < -0.3 is 0 Å². The van der Waals surface area contributed by atoms with Crippen LogP contribution < -0.4 is 0 Å². The van der Waals surface area contributed by atoms with E-state index in [0.717, 1.165) is 31.2 Å². The van der Waals surface area contributed by atoms with Gasteiger partial charge in [-0.25, -0.2) is 13.2 Å². The van der Waals surface area contributed by atoms with Crippen LogP contribution in [0, 0.1) is 35.2 Å². The second-order valence-electron chi connectivity index (χ2n) is 7.02. The average Bonchev–Trinajstić information content (AvgIpc) is 2.59. The Labute approximate surface area is 159 Å². The largest absolute Gasteiger partial charge is 0.422 e. The standard InChI is InChI=1S/C22H18F6/c1-2-3-13-5-9-17-16(10-13)8-7-15(21(17)25)6-4-14-11-18(23)20(19(24)12-14)22(26,27)28/h7-8,11-13H,2-3,5,9-10H2,1H3. The topological polar surface area (TPSA) is 0 Å². The molecule has 1 atom stereocenters. The van der Waals surface area contributed by atoms with Gasteiger partial charge in [-0.2, -0.15) is 13.2 Å². The van der Waals surface area contributed by atoms with Crippen molar-refractivity contribution in [3.05, 3.63) is 69.5 Å². The SMILES string of the molecule is CCCC1CCc2c(ccc(C#Cc3cc(F)c(C(F)(F)F)c(F)c3)c2F)C1. The third-order valence-electron chi connectivity index (χ3n) is 5.02. The summed E-state index contributed by atoms with van der Waals surface area (Å²) in [6.45, 7) is 2.11. The van der Waals surface area contributed by atoms with Crippen LogP contribution in [0.25, 0.3) is 0 Å². The number of rotatable bonds is 2. The van der Waals surface area contributed by atoms with Gasteiger partial charge >= 0.3 is 6.18 Å². The quantitative estimate of drug-likeness (QED) is 0.405. The van der Waals surface area contributed by atoms with Crippen LogP contribution >= 0.6 is 0 Å². The summed E-state index contributed by atoms with van der Waals surface area (Å²) in [6.07, 6.45) is -0.668. The molecule has 0 saturated carbocycles. The van der Waals surface area contributed by atoms with E-state index in [2.05, 4.69) is 18.8 Å². The van der Waals surface area contributed by atoms with Gasteiger partial charge in [-0.1, -0.05) is 37.7 Å². The van der Waals surface area contributed by atoms with Crippen LogP contribution in [0.3, 0.4) is 0 Å². The maximum Gasteiger partial charge on any atom is 0.422 e. The molecule has 0 aliphatic heterocycles. The molecule has 0 radical (unpaired) electrons. The van der Waals surface area contributed by atoms with Crippen LogP contribution in [-0.4, -0.2) is 0 Å². The van der Waals surface area contributed by atoms with Gasteiger partial charge in [0.05, 0.1) is 5.56 Å². The molecule has 2 aromatic rings. The molecule has 148 valence electrons. The molecule has 1 aliphatic carbocycles. The molecule has 0 spiro atoms. The van der Waals surface area contributed by atoms with Gasteiger partial charge in [0.25, 0.3) is 0 Å². The first-order valence-electron chi connectivity index (χ1n) is 9.09. The maximum absolute atomic E-state index is 14.7. The molecule has 0 bridgehead atoms. The fourth-order valence-corrected chi connectivity index (χ4v) is 3.69. The van der Waals surface area contributed by atoms with Crippen molar-refractivity contribution in [2.75, 3.05) is 0 Å². The fourth-order valence-electron chi connectivity index (χ4n) is 3.69. The highest BCUT2D eigenvalue weighted by Crippen LogP contribution is 2.34. The minimum Gasteiger partial charge on any atom is -0.206 e. The van der Waals surface area contributed by atoms with E-state index in [1.165, 1.54) is 6.07 Å². The van der Waals surface area contributed by atoms with Crippen LogP contribution in [0.4, 0.5) is 26.3 Å². The predicted molar refractivity (Wildman–Crippen MR) is 94.2 cm³/mol. The second kappa shape index (κ2) is 7.90. The van der Waals surface area contributed by atoms with Crippen LogP contribution in [0.1, 0.15) is 54.0 Å². The van der Waals surface area contributed by atoms with Crippen molar-refractivity contribution in [3.63, 3.8) is 0 Å². The highest BCUT2D eigenvalue weighted by molar-refractivity contribution is 5.48. The Kier molecular flexibility index (Phi) is 5.74. The highest BCUT2D eigenvalue weighted by atomic mass is 19.4. The lowest BCUT2D eigenvalue weighted by Gasteiger charge is -2.25. The number of alkyl halides is 3. The molecule has 2 aromatic carbocycles. The minimum atomic E-state index is -5.14. The van der Waals surface area contributed by atoms with Gasteiger partial charge in [-0.05, 0) is 54.5 Å². The second-order valence-corrected chi connectivity index (χ2v) is 7.02. The maximum atomic E-state index is 14.7. The molecule has 0 aromatic heterocycles. The summed E-state index contributed by atoms with van der Waals surface area (Å²) in [7, 11) is 0. The van der Waals surface area contributed by atoms with Crippen LogP contribution in [0.5, 0.6) is 0 Å². The van der Waals surface area contributed by atoms with Crippen molar-refractivity contribution in [1.82, 2.24) is 0 Å². The van der Waals surface area contributed by atoms with Crippen molar-refractivity contribution < 1.29 is 26.3 Å². The number of fused-ring (bicyclic) bond motifs is 1. The van der Waals surface area contributed by atoms with E-state index >= 15 is 0 Å². The van der Waals surface area contributed by atoms with Crippen molar-refractivity contribution in [2.24, 2.45) is 5.92 Å². The van der Waals surface area contributed by atoms with Crippen LogP contribution in [0.15, 0.2) is 24.3 Å². The molecule has 3 rings (SSSR count). The third-order valence-corrected chi connectivity index (χ3v) is 5.02. The first-order valence-corrected chi connectivity index (χ1v) is 9.09. The summed E-state index contributed by atoms with van der Waals surface area (Å²) < 4.78 is 79.9. The normalized spacial score (nSPS) is 16.3. The Morgan fingerprint density at radius 1 is 1.04 bits per heavy atom. The van der Waals surface area contributed by atoms with Crippen molar-refractivity contribution in [1.29, 1.82) is 0 Å². The molecule has 0 nitrogen and oxygen atoms in total. The smallest absolute Gasteiger partial charge is 0.206 e. The molecule has 1 aliphatic rings. The third kappa shape index (κ3) is 4.19. The van der Waals surface area contributed by atoms with Gasteiger partial charge in [0, 0.05) is 5.56 Å². The fraction of sp³-hybridized carbons (Fsp3) is 0.364. The van der Waals surface area contributed by atoms with Gasteiger partial charge in [0.1, 0.15) is 23.0 Å². The molecule has 0 fully saturated rings.